The summed E-state index contributed by atoms with van der Waals surface area (Å²) >= 11 is 3.02. The summed E-state index contributed by atoms with van der Waals surface area (Å²) in [7, 11) is -3.49. The van der Waals surface area contributed by atoms with E-state index in [4.69, 9.17) is 5.11 Å². The van der Waals surface area contributed by atoms with Crippen molar-refractivity contribution in [2.24, 2.45) is 5.41 Å². The molecule has 0 fully saturated rings. The van der Waals surface area contributed by atoms with Crippen LogP contribution in [0.5, 0.6) is 0 Å². The Labute approximate surface area is 190 Å². The maximum Gasteiger partial charge on any atom is 0.417 e. The second-order valence-corrected chi connectivity index (χ2v) is 9.46. The van der Waals surface area contributed by atoms with E-state index in [-0.39, 0.29) is 10.9 Å². The zero-order valence-corrected chi connectivity index (χ0v) is 19.2. The number of aliphatic hydroxyl groups excluding tert-OH is 1. The van der Waals surface area contributed by atoms with Gasteiger partial charge in [-0.1, -0.05) is 6.07 Å². The van der Waals surface area contributed by atoms with Gasteiger partial charge in [-0.2, -0.15) is 17.6 Å². The molecule has 1 aromatic heterocycles. The molecule has 13 heteroatoms. The van der Waals surface area contributed by atoms with E-state index < -0.39 is 69.4 Å². The van der Waals surface area contributed by atoms with Crippen LogP contribution in [0.2, 0.25) is 0 Å². The van der Waals surface area contributed by atoms with Crippen LogP contribution < -0.4 is 4.31 Å². The molecular formula is C19H19BrF4N2O5S. The van der Waals surface area contributed by atoms with Crippen LogP contribution in [0.4, 0.5) is 23.2 Å². The molecule has 1 atom stereocenters. The van der Waals surface area contributed by atoms with Crippen LogP contribution in [0.1, 0.15) is 25.8 Å². The Morgan fingerprint density at radius 2 is 1.84 bits per heavy atom. The highest BCUT2D eigenvalue weighted by molar-refractivity contribution is 9.10. The Balaban J connectivity index is 2.51. The number of aliphatic hydroxyl groups is 1. The molecule has 0 aliphatic rings. The predicted octanol–water partition coefficient (Wildman–Crippen LogP) is 3.86. The molecule has 7 nitrogen and oxygen atoms in total. The first-order valence-corrected chi connectivity index (χ1v) is 10.9. The number of hydrogen-bond donors (Lipinski definition) is 3. The van der Waals surface area contributed by atoms with Crippen LogP contribution in [0.25, 0.3) is 11.1 Å². The Bertz CT molecular complexity index is 1080. The number of nitrogens with zero attached hydrogens (tertiary/aromatic N) is 2. The number of aromatic nitrogens is 1. The van der Waals surface area contributed by atoms with E-state index in [2.05, 4.69) is 20.9 Å². The van der Waals surface area contributed by atoms with Crippen LogP contribution in [-0.2, 0) is 21.9 Å². The van der Waals surface area contributed by atoms with Gasteiger partial charge in [-0.05, 0) is 60.0 Å². The van der Waals surface area contributed by atoms with Gasteiger partial charge in [0, 0.05) is 16.2 Å². The summed E-state index contributed by atoms with van der Waals surface area (Å²) in [5.41, 5.74) is -4.13. The average molecular weight is 543 g/mol. The molecule has 0 aliphatic carbocycles. The number of hydrogen-bond acceptors (Lipinski definition) is 5. The molecule has 0 saturated heterocycles. The number of anilines is 1. The van der Waals surface area contributed by atoms with Crippen molar-refractivity contribution in [1.29, 1.82) is 0 Å². The van der Waals surface area contributed by atoms with E-state index in [9.17, 15) is 35.9 Å². The molecule has 2 rings (SSSR count). The summed E-state index contributed by atoms with van der Waals surface area (Å²) in [6, 6.07) is 3.57. The van der Waals surface area contributed by atoms with Crippen molar-refractivity contribution >= 4 is 38.5 Å². The van der Waals surface area contributed by atoms with Gasteiger partial charge in [0.15, 0.2) is 0 Å². The van der Waals surface area contributed by atoms with Crippen LogP contribution in [0, 0.1) is 11.4 Å². The molecular weight excluding hydrogens is 524 g/mol. The summed E-state index contributed by atoms with van der Waals surface area (Å²) in [4.78, 5) is 14.6. The van der Waals surface area contributed by atoms with Crippen molar-refractivity contribution < 1.29 is 41.0 Å². The van der Waals surface area contributed by atoms with Crippen molar-refractivity contribution in [1.82, 2.24) is 4.98 Å². The van der Waals surface area contributed by atoms with E-state index in [0.29, 0.717) is 10.4 Å². The molecule has 0 bridgehead atoms. The molecule has 0 radical (unpaired) electrons. The lowest BCUT2D eigenvalue weighted by molar-refractivity contribution is -0.148. The second-order valence-electron chi connectivity index (χ2n) is 7.59. The van der Waals surface area contributed by atoms with E-state index in [1.807, 2.05) is 0 Å². The number of carboxylic acids is 1. The highest BCUT2D eigenvalue weighted by atomic mass is 79.9. The number of benzene rings is 1. The van der Waals surface area contributed by atoms with Gasteiger partial charge in [-0.25, -0.2) is 13.4 Å². The molecule has 0 amide bonds. The predicted molar refractivity (Wildman–Crippen MR) is 112 cm³/mol. The number of rotatable bonds is 8. The lowest BCUT2D eigenvalue weighted by Crippen LogP contribution is -2.36. The zero-order valence-electron chi connectivity index (χ0n) is 16.7. The molecule has 176 valence electrons. The van der Waals surface area contributed by atoms with Gasteiger partial charge in [-0.3, -0.25) is 9.10 Å². The number of pyridine rings is 1. The normalized spacial score (nSPS) is 13.3. The quantitative estimate of drug-likeness (QED) is 0.265. The van der Waals surface area contributed by atoms with Gasteiger partial charge >= 0.3 is 12.1 Å². The Morgan fingerprint density at radius 1 is 1.22 bits per heavy atom. The molecule has 0 aliphatic heterocycles. The van der Waals surface area contributed by atoms with Crippen LogP contribution in [-0.4, -0.2) is 42.2 Å². The van der Waals surface area contributed by atoms with Gasteiger partial charge in [-0.15, -0.1) is 0 Å². The highest BCUT2D eigenvalue weighted by Gasteiger charge is 2.36. The van der Waals surface area contributed by atoms with Gasteiger partial charge in [0.25, 0.3) is 0 Å². The van der Waals surface area contributed by atoms with Crippen molar-refractivity contribution in [2.75, 3.05) is 10.8 Å². The van der Waals surface area contributed by atoms with E-state index >= 15 is 0 Å². The van der Waals surface area contributed by atoms with Crippen LogP contribution >= 0.6 is 15.9 Å². The Hall–Kier alpha value is -2.25. The SMILES string of the molecule is CC(C)(C[C@H](O)CN(c1ccc(-c2cc(Br)cnc2F)c(C(F)(F)F)c1)[SH](=O)=O)C(=O)O. The lowest BCUT2D eigenvalue weighted by Gasteiger charge is -2.27. The number of alkyl halides is 3. The van der Waals surface area contributed by atoms with E-state index in [1.54, 1.807) is 0 Å². The highest BCUT2D eigenvalue weighted by Crippen LogP contribution is 2.40. The summed E-state index contributed by atoms with van der Waals surface area (Å²) in [6.45, 7) is 1.97. The molecule has 0 saturated carbocycles. The maximum absolute atomic E-state index is 14.1. The maximum atomic E-state index is 14.1. The minimum Gasteiger partial charge on any atom is -0.481 e. The van der Waals surface area contributed by atoms with Gasteiger partial charge in [0.1, 0.15) is 0 Å². The monoisotopic (exact) mass is 542 g/mol. The topological polar surface area (TPSA) is 108 Å². The number of thiol groups is 1. The zero-order chi connectivity index (χ0) is 24.4. The van der Waals surface area contributed by atoms with E-state index in [0.717, 1.165) is 24.4 Å². The fourth-order valence-electron chi connectivity index (χ4n) is 2.98. The van der Waals surface area contributed by atoms with Crippen molar-refractivity contribution in [2.45, 2.75) is 32.5 Å². The molecule has 1 aromatic carbocycles. The number of carboxylic acid groups (broad SMARTS) is 1. The van der Waals surface area contributed by atoms with Gasteiger partial charge in [0.2, 0.25) is 16.8 Å². The number of aliphatic carboxylic acids is 1. The third-order valence-corrected chi connectivity index (χ3v) is 5.83. The van der Waals surface area contributed by atoms with Crippen LogP contribution in [0.15, 0.2) is 34.9 Å². The van der Waals surface area contributed by atoms with Gasteiger partial charge in [0.05, 0.1) is 29.3 Å². The molecule has 0 unspecified atom stereocenters. The molecule has 32 heavy (non-hydrogen) atoms. The summed E-state index contributed by atoms with van der Waals surface area (Å²) in [5, 5.41) is 19.3. The fourth-order valence-corrected chi connectivity index (χ4v) is 3.95. The van der Waals surface area contributed by atoms with E-state index in [1.165, 1.54) is 13.8 Å². The smallest absolute Gasteiger partial charge is 0.417 e. The molecule has 1 heterocycles. The van der Waals surface area contributed by atoms with Crippen molar-refractivity contribution in [3.05, 3.63) is 46.4 Å². The Morgan fingerprint density at radius 3 is 2.38 bits per heavy atom. The minimum atomic E-state index is -4.97. The second kappa shape index (κ2) is 9.71. The minimum absolute atomic E-state index is 0.236. The van der Waals surface area contributed by atoms with Crippen LogP contribution in [0.3, 0.4) is 0 Å². The first-order chi connectivity index (χ1) is 14.6. The number of halogens is 5. The first kappa shape index (κ1) is 26.0. The molecule has 2 N–H and O–H groups in total. The van der Waals surface area contributed by atoms with Gasteiger partial charge < -0.3 is 10.2 Å². The first-order valence-electron chi connectivity index (χ1n) is 8.99. The number of carbonyl (C=O) groups is 1. The third kappa shape index (κ3) is 6.17. The van der Waals surface area contributed by atoms with Crippen molar-refractivity contribution in [3.8, 4) is 11.1 Å². The largest absolute Gasteiger partial charge is 0.481 e. The fraction of sp³-hybridized carbons (Fsp3) is 0.368. The van der Waals surface area contributed by atoms with Crippen molar-refractivity contribution in [3.63, 3.8) is 0 Å². The Kier molecular flexibility index (Phi) is 7.89. The molecule has 2 aromatic rings. The molecule has 0 spiro atoms. The summed E-state index contributed by atoms with van der Waals surface area (Å²) < 4.78 is 79.6. The standard InChI is InChI=1S/C19H19BrF4N2O5S/c1-18(2,17(28)29)7-12(27)9-26(32(30)31)11-3-4-13(15(6-11)19(22,23)24)14-5-10(20)8-25-16(14)21/h3-6,8,12,27,32H,7,9H2,1-2H3,(H,28,29)/t12-/m0/s1. The lowest BCUT2D eigenvalue weighted by atomic mass is 9.87. The summed E-state index contributed by atoms with van der Waals surface area (Å²) in [5.74, 6) is -2.38. The summed E-state index contributed by atoms with van der Waals surface area (Å²) in [6.07, 6.45) is -5.72. The average Bonchev–Trinajstić information content (AvgIpc) is 2.66. The third-order valence-electron chi connectivity index (χ3n) is 4.61.